The van der Waals surface area contributed by atoms with Crippen LogP contribution in [0.3, 0.4) is 0 Å². The largest absolute Gasteiger partial charge is 0.481 e. The smallest absolute Gasteiger partial charge is 0.306 e. The van der Waals surface area contributed by atoms with Crippen molar-refractivity contribution in [2.24, 2.45) is 5.92 Å². The van der Waals surface area contributed by atoms with E-state index >= 15 is 0 Å². The molecule has 1 atom stereocenters. The van der Waals surface area contributed by atoms with Gasteiger partial charge in [-0.25, -0.2) is 15.0 Å². The first kappa shape index (κ1) is 26.1. The molecule has 4 heterocycles. The van der Waals surface area contributed by atoms with Gasteiger partial charge in [-0.2, -0.15) is 0 Å². The topological polar surface area (TPSA) is 191 Å². The minimum Gasteiger partial charge on any atom is -0.481 e. The molecule has 0 bridgehead atoms. The van der Waals surface area contributed by atoms with Crippen LogP contribution in [-0.2, 0) is 10.4 Å². The van der Waals surface area contributed by atoms with E-state index in [9.17, 15) is 20.1 Å². The van der Waals surface area contributed by atoms with E-state index in [2.05, 4.69) is 41.0 Å². The minimum absolute atomic E-state index is 0.326. The van der Waals surface area contributed by atoms with Gasteiger partial charge < -0.3 is 30.7 Å². The summed E-state index contributed by atoms with van der Waals surface area (Å²) in [6.07, 6.45) is 5.41. The van der Waals surface area contributed by atoms with Crippen LogP contribution in [0.2, 0.25) is 0 Å². The van der Waals surface area contributed by atoms with Gasteiger partial charge in [0, 0.05) is 23.6 Å². The molecule has 1 saturated carbocycles. The molecule has 0 amide bonds. The van der Waals surface area contributed by atoms with Crippen LogP contribution in [0.5, 0.6) is 5.75 Å². The fourth-order valence-electron chi connectivity index (χ4n) is 4.93. The predicted molar refractivity (Wildman–Crippen MR) is 146 cm³/mol. The Morgan fingerprint density at radius 3 is 2.73 bits per heavy atom. The van der Waals surface area contributed by atoms with Crippen molar-refractivity contribution in [3.8, 4) is 27.6 Å². The van der Waals surface area contributed by atoms with E-state index in [0.717, 1.165) is 4.88 Å². The summed E-state index contributed by atoms with van der Waals surface area (Å²) in [6.45, 7) is 3.57. The molecule has 0 spiro atoms. The molecule has 1 aromatic carbocycles. The van der Waals surface area contributed by atoms with Gasteiger partial charge in [-0.05, 0) is 57.7 Å². The number of carboxylic acids is 1. The molecule has 14 heteroatoms. The highest BCUT2D eigenvalue weighted by atomic mass is 32.1. The predicted octanol–water partition coefficient (Wildman–Crippen LogP) is 3.49. The molecule has 4 aromatic rings. The third-order valence-electron chi connectivity index (χ3n) is 7.33. The Balaban J connectivity index is 1.36. The van der Waals surface area contributed by atoms with Crippen molar-refractivity contribution >= 4 is 34.6 Å². The van der Waals surface area contributed by atoms with Crippen molar-refractivity contribution in [2.75, 3.05) is 10.6 Å². The van der Waals surface area contributed by atoms with Crippen LogP contribution in [0.15, 0.2) is 36.8 Å². The summed E-state index contributed by atoms with van der Waals surface area (Å²) in [5.41, 5.74) is 0.957. The molecule has 40 heavy (non-hydrogen) atoms. The summed E-state index contributed by atoms with van der Waals surface area (Å²) in [5, 5.41) is 48.6. The van der Waals surface area contributed by atoms with E-state index in [4.69, 9.17) is 4.74 Å². The summed E-state index contributed by atoms with van der Waals surface area (Å²) in [6, 6.07) is 5.40. The van der Waals surface area contributed by atoms with Crippen LogP contribution in [0.4, 0.5) is 17.3 Å². The molecule has 1 aliphatic carbocycles. The van der Waals surface area contributed by atoms with Gasteiger partial charge in [-0.1, -0.05) is 5.21 Å². The zero-order chi connectivity index (χ0) is 28.1. The molecule has 208 valence electrons. The number of anilines is 3. The molecule has 13 nitrogen and oxygen atoms in total. The van der Waals surface area contributed by atoms with Crippen LogP contribution in [-0.4, -0.2) is 63.5 Å². The number of H-pyrrole nitrogens is 1. The number of aliphatic hydroxyl groups is 2. The summed E-state index contributed by atoms with van der Waals surface area (Å²) >= 11 is 1.33. The lowest BCUT2D eigenvalue weighted by Gasteiger charge is -2.39. The second kappa shape index (κ2) is 9.80. The molecule has 1 fully saturated rings. The van der Waals surface area contributed by atoms with Crippen molar-refractivity contribution in [3.63, 3.8) is 0 Å². The lowest BCUT2D eigenvalue weighted by Crippen LogP contribution is -2.49. The van der Waals surface area contributed by atoms with Gasteiger partial charge in [0.05, 0.1) is 28.4 Å². The Labute approximate surface area is 232 Å². The van der Waals surface area contributed by atoms with Crippen molar-refractivity contribution in [1.82, 2.24) is 30.4 Å². The second-order valence-corrected chi connectivity index (χ2v) is 11.6. The number of nitrogens with one attached hydrogen (secondary N) is 3. The number of carbonyl (C=O) groups is 1. The van der Waals surface area contributed by atoms with E-state index < -0.39 is 29.3 Å². The first-order chi connectivity index (χ1) is 19.1. The number of carboxylic acid groups (broad SMARTS) is 1. The molecule has 2 aliphatic rings. The molecule has 3 aromatic heterocycles. The third kappa shape index (κ3) is 4.85. The maximum absolute atomic E-state index is 11.4. The van der Waals surface area contributed by atoms with Gasteiger partial charge in [0.1, 0.15) is 21.9 Å². The summed E-state index contributed by atoms with van der Waals surface area (Å²) in [5.74, 6) is -0.413. The first-order valence-electron chi connectivity index (χ1n) is 12.8. The molecule has 0 saturated heterocycles. The average molecular weight is 565 g/mol. The summed E-state index contributed by atoms with van der Waals surface area (Å²) in [4.78, 5) is 25.5. The third-order valence-corrected chi connectivity index (χ3v) is 8.55. The van der Waals surface area contributed by atoms with Crippen LogP contribution >= 0.6 is 11.3 Å². The molecule has 6 rings (SSSR count). The number of nitrogens with zero attached hydrogens (tertiary/aromatic N) is 5. The standard InChI is InChI=1S/C26H28N8O5S/c1-25(2)22(37)31-17-10-14(30-24-27-8-5-16(32-24)18-11-29-34-33-18)9-15(20(17)39-25)19-12-28-23(40-19)26(38)6-3-13(4-7-26)21(35)36/h5,8-13,22,31,37-38H,3-4,6-7H2,1-2H3,(H,35,36)(H,27,30,32)(H,29,33,34)/t13-,22?,26+. The summed E-state index contributed by atoms with van der Waals surface area (Å²) in [7, 11) is 0. The van der Waals surface area contributed by atoms with Crippen LogP contribution in [0, 0.1) is 5.92 Å². The highest BCUT2D eigenvalue weighted by Gasteiger charge is 2.40. The molecule has 1 aliphatic heterocycles. The minimum atomic E-state index is -1.19. The Bertz CT molecular complexity index is 1550. The number of rotatable bonds is 6. The van der Waals surface area contributed by atoms with E-state index in [-0.39, 0.29) is 0 Å². The fraction of sp³-hybridized carbons (Fsp3) is 0.385. The molecule has 0 radical (unpaired) electrons. The number of thiazole rings is 1. The Morgan fingerprint density at radius 2 is 2.00 bits per heavy atom. The van der Waals surface area contributed by atoms with E-state index in [1.54, 1.807) is 44.6 Å². The molecular formula is C26H28N8O5S. The number of fused-ring (bicyclic) bond motifs is 1. The van der Waals surface area contributed by atoms with Crippen LogP contribution < -0.4 is 15.4 Å². The van der Waals surface area contributed by atoms with E-state index in [0.29, 0.717) is 70.7 Å². The first-order valence-corrected chi connectivity index (χ1v) is 13.6. The Kier molecular flexibility index (Phi) is 6.40. The average Bonchev–Trinajstić information content (AvgIpc) is 3.63. The summed E-state index contributed by atoms with van der Waals surface area (Å²) < 4.78 is 6.27. The lowest BCUT2D eigenvalue weighted by atomic mass is 9.79. The number of hydrogen-bond donors (Lipinski definition) is 6. The quantitative estimate of drug-likeness (QED) is 0.200. The van der Waals surface area contributed by atoms with Crippen molar-refractivity contribution in [3.05, 3.63) is 41.8 Å². The Hall–Kier alpha value is -4.14. The molecule has 1 unspecified atom stereocenters. The number of benzene rings is 1. The van der Waals surface area contributed by atoms with Gasteiger partial charge >= 0.3 is 5.97 Å². The van der Waals surface area contributed by atoms with Gasteiger partial charge in [0.2, 0.25) is 5.95 Å². The number of ether oxygens (including phenoxy) is 1. The van der Waals surface area contributed by atoms with Crippen molar-refractivity contribution in [2.45, 2.75) is 57.0 Å². The highest BCUT2D eigenvalue weighted by molar-refractivity contribution is 7.15. The number of aromatic amines is 1. The monoisotopic (exact) mass is 564 g/mol. The van der Waals surface area contributed by atoms with Crippen molar-refractivity contribution < 1.29 is 24.9 Å². The lowest BCUT2D eigenvalue weighted by molar-refractivity contribution is -0.145. The normalized spacial score (nSPS) is 23.5. The van der Waals surface area contributed by atoms with Crippen LogP contribution in [0.1, 0.15) is 44.5 Å². The zero-order valence-electron chi connectivity index (χ0n) is 21.7. The SMILES string of the molecule is CC1(C)Oc2c(cc(Nc3nccc(-c4c[nH]nn4)n3)cc2-c2cnc([C@]3(O)CC[C@@H](C(=O)O)CC3)s2)NC1O. The van der Waals surface area contributed by atoms with Gasteiger partial charge in [-0.15, -0.1) is 16.4 Å². The number of hydrogen-bond acceptors (Lipinski definition) is 12. The number of aromatic nitrogens is 6. The highest BCUT2D eigenvalue weighted by Crippen LogP contribution is 2.48. The van der Waals surface area contributed by atoms with Gasteiger partial charge in [-0.3, -0.25) is 9.89 Å². The maximum Gasteiger partial charge on any atom is 0.306 e. The number of aliphatic carboxylic acids is 1. The maximum atomic E-state index is 11.4. The van der Waals surface area contributed by atoms with Crippen LogP contribution in [0.25, 0.3) is 21.8 Å². The van der Waals surface area contributed by atoms with E-state index in [1.807, 2.05) is 6.07 Å². The molecule has 6 N–H and O–H groups in total. The fourth-order valence-corrected chi connectivity index (χ4v) is 6.00. The van der Waals surface area contributed by atoms with Gasteiger partial charge in [0.15, 0.2) is 12.0 Å². The molecular weight excluding hydrogens is 536 g/mol. The van der Waals surface area contributed by atoms with Crippen molar-refractivity contribution in [1.29, 1.82) is 0 Å². The number of aliphatic hydroxyl groups excluding tert-OH is 1. The Morgan fingerprint density at radius 1 is 1.20 bits per heavy atom. The zero-order valence-corrected chi connectivity index (χ0v) is 22.6. The second-order valence-electron chi connectivity index (χ2n) is 10.6. The van der Waals surface area contributed by atoms with E-state index in [1.165, 1.54) is 11.3 Å². The van der Waals surface area contributed by atoms with Gasteiger partial charge in [0.25, 0.3) is 0 Å².